The van der Waals surface area contributed by atoms with Gasteiger partial charge < -0.3 is 10.7 Å². The highest BCUT2D eigenvalue weighted by atomic mass is 35.5. The molecular formula is C17H19ClN4O2S. The van der Waals surface area contributed by atoms with Crippen LogP contribution in [0.15, 0.2) is 59.1 Å². The standard InChI is InChI=1S/C17H18N4O2S.ClH/c1-3-5-13(18)15-17(21-16-14(20-15)8-9-19-16)24(22,23)12-7-4-6-11(2)10-12;/h3-4,6-10,13H,1,5,18H2,2H3,(H,19,21);1H. The Morgan fingerprint density at radius 1 is 1.32 bits per heavy atom. The van der Waals surface area contributed by atoms with Crippen molar-refractivity contribution in [3.63, 3.8) is 0 Å². The first-order valence-corrected chi connectivity index (χ1v) is 8.95. The molecule has 0 aliphatic heterocycles. The number of rotatable bonds is 5. The minimum Gasteiger partial charge on any atom is -0.345 e. The molecule has 25 heavy (non-hydrogen) atoms. The molecule has 3 aromatic rings. The third-order valence-corrected chi connectivity index (χ3v) is 5.39. The summed E-state index contributed by atoms with van der Waals surface area (Å²) in [7, 11) is -3.83. The molecule has 6 nitrogen and oxygen atoms in total. The van der Waals surface area contributed by atoms with Crippen molar-refractivity contribution < 1.29 is 8.42 Å². The molecule has 1 aromatic carbocycles. The molecule has 0 bridgehead atoms. The second kappa shape index (κ2) is 7.35. The predicted octanol–water partition coefficient (Wildman–Crippen LogP) is 3.10. The van der Waals surface area contributed by atoms with Crippen LogP contribution in [0.2, 0.25) is 0 Å². The molecule has 1 unspecified atom stereocenters. The first-order chi connectivity index (χ1) is 11.4. The number of aromatic nitrogens is 3. The van der Waals surface area contributed by atoms with Crippen LogP contribution >= 0.6 is 12.4 Å². The maximum Gasteiger partial charge on any atom is 0.225 e. The quantitative estimate of drug-likeness (QED) is 0.664. The van der Waals surface area contributed by atoms with Crippen molar-refractivity contribution in [2.75, 3.05) is 0 Å². The van der Waals surface area contributed by atoms with Crippen molar-refractivity contribution >= 4 is 33.4 Å². The fraction of sp³-hybridized carbons (Fsp3) is 0.176. The number of nitrogens with two attached hydrogens (primary N) is 1. The van der Waals surface area contributed by atoms with E-state index >= 15 is 0 Å². The van der Waals surface area contributed by atoms with Gasteiger partial charge in [0.25, 0.3) is 0 Å². The van der Waals surface area contributed by atoms with Gasteiger partial charge in [-0.2, -0.15) is 0 Å². The predicted molar refractivity (Wildman–Crippen MR) is 99.5 cm³/mol. The number of benzene rings is 1. The Hall–Kier alpha value is -2.22. The van der Waals surface area contributed by atoms with E-state index in [1.165, 1.54) is 0 Å². The third kappa shape index (κ3) is 3.58. The van der Waals surface area contributed by atoms with Crippen LogP contribution in [-0.2, 0) is 9.84 Å². The van der Waals surface area contributed by atoms with Crippen molar-refractivity contribution in [1.82, 2.24) is 15.0 Å². The van der Waals surface area contributed by atoms with Gasteiger partial charge in [-0.3, -0.25) is 0 Å². The van der Waals surface area contributed by atoms with Crippen LogP contribution in [0.25, 0.3) is 11.2 Å². The van der Waals surface area contributed by atoms with Crippen LogP contribution in [0.1, 0.15) is 23.7 Å². The van der Waals surface area contributed by atoms with Crippen LogP contribution in [0, 0.1) is 6.92 Å². The number of aromatic amines is 1. The number of nitrogens with zero attached hydrogens (tertiary/aromatic N) is 2. The van der Waals surface area contributed by atoms with Gasteiger partial charge in [0.05, 0.1) is 16.6 Å². The number of aryl methyl sites for hydroxylation is 1. The number of nitrogens with one attached hydrogen (secondary N) is 1. The Kier molecular flexibility index (Phi) is 5.62. The number of fused-ring (bicyclic) bond motifs is 1. The summed E-state index contributed by atoms with van der Waals surface area (Å²) >= 11 is 0. The minimum absolute atomic E-state index is 0. The molecule has 0 aliphatic carbocycles. The Bertz CT molecular complexity index is 1010. The number of H-pyrrole nitrogens is 1. The Labute approximate surface area is 152 Å². The summed E-state index contributed by atoms with van der Waals surface area (Å²) in [6.45, 7) is 5.49. The van der Waals surface area contributed by atoms with Gasteiger partial charge in [0.2, 0.25) is 9.84 Å². The molecule has 0 spiro atoms. The molecule has 132 valence electrons. The van der Waals surface area contributed by atoms with Gasteiger partial charge in [-0.1, -0.05) is 18.2 Å². The lowest BCUT2D eigenvalue weighted by Gasteiger charge is -2.14. The molecule has 0 fully saturated rings. The van der Waals surface area contributed by atoms with Gasteiger partial charge in [-0.05, 0) is 37.1 Å². The number of hydrogen-bond donors (Lipinski definition) is 2. The van der Waals surface area contributed by atoms with Gasteiger partial charge in [-0.15, -0.1) is 19.0 Å². The zero-order valence-electron chi connectivity index (χ0n) is 13.6. The minimum atomic E-state index is -3.83. The molecule has 0 aliphatic rings. The molecule has 2 aromatic heterocycles. The maximum absolute atomic E-state index is 13.1. The van der Waals surface area contributed by atoms with Gasteiger partial charge in [0.15, 0.2) is 10.7 Å². The first kappa shape index (κ1) is 19.1. The van der Waals surface area contributed by atoms with E-state index < -0.39 is 15.9 Å². The average molecular weight is 379 g/mol. The van der Waals surface area contributed by atoms with E-state index in [-0.39, 0.29) is 28.0 Å². The SMILES string of the molecule is C=CCC(N)c1nc2cc[nH]c2nc1S(=O)(=O)c1cccc(C)c1.Cl. The smallest absolute Gasteiger partial charge is 0.225 e. The topological polar surface area (TPSA) is 102 Å². The van der Waals surface area contributed by atoms with E-state index in [9.17, 15) is 8.42 Å². The molecule has 0 amide bonds. The van der Waals surface area contributed by atoms with Crippen LogP contribution in [0.4, 0.5) is 0 Å². The molecule has 0 saturated carbocycles. The van der Waals surface area contributed by atoms with Crippen molar-refractivity contribution in [2.45, 2.75) is 29.3 Å². The van der Waals surface area contributed by atoms with Gasteiger partial charge >= 0.3 is 0 Å². The van der Waals surface area contributed by atoms with E-state index in [0.29, 0.717) is 17.6 Å². The van der Waals surface area contributed by atoms with E-state index in [1.54, 1.807) is 36.5 Å². The molecule has 3 rings (SSSR count). The largest absolute Gasteiger partial charge is 0.345 e. The lowest BCUT2D eigenvalue weighted by Crippen LogP contribution is -2.18. The van der Waals surface area contributed by atoms with E-state index in [4.69, 9.17) is 5.73 Å². The lowest BCUT2D eigenvalue weighted by atomic mass is 10.1. The van der Waals surface area contributed by atoms with E-state index in [1.807, 2.05) is 13.0 Å². The van der Waals surface area contributed by atoms with Crippen molar-refractivity contribution in [3.8, 4) is 0 Å². The Morgan fingerprint density at radius 2 is 2.08 bits per heavy atom. The van der Waals surface area contributed by atoms with Gasteiger partial charge in [-0.25, -0.2) is 18.4 Å². The second-order valence-corrected chi connectivity index (χ2v) is 7.44. The summed E-state index contributed by atoms with van der Waals surface area (Å²) in [4.78, 5) is 11.8. The Balaban J connectivity index is 0.00000225. The fourth-order valence-corrected chi connectivity index (χ4v) is 4.00. The van der Waals surface area contributed by atoms with Crippen molar-refractivity contribution in [3.05, 3.63) is 60.4 Å². The van der Waals surface area contributed by atoms with Crippen LogP contribution in [0.3, 0.4) is 0 Å². The zero-order chi connectivity index (χ0) is 17.3. The van der Waals surface area contributed by atoms with Crippen LogP contribution < -0.4 is 5.73 Å². The summed E-state index contributed by atoms with van der Waals surface area (Å²) in [5, 5.41) is -0.114. The molecule has 2 heterocycles. The third-order valence-electron chi connectivity index (χ3n) is 3.70. The molecule has 8 heteroatoms. The summed E-state index contributed by atoms with van der Waals surface area (Å²) in [6, 6.07) is 7.83. The maximum atomic E-state index is 13.1. The summed E-state index contributed by atoms with van der Waals surface area (Å²) in [5.74, 6) is 0. The van der Waals surface area contributed by atoms with Gasteiger partial charge in [0, 0.05) is 6.20 Å². The average Bonchev–Trinajstić information content (AvgIpc) is 3.01. The second-order valence-electron chi connectivity index (χ2n) is 5.58. The van der Waals surface area contributed by atoms with Crippen molar-refractivity contribution in [1.29, 1.82) is 0 Å². The van der Waals surface area contributed by atoms with E-state index in [2.05, 4.69) is 21.5 Å². The summed E-state index contributed by atoms with van der Waals surface area (Å²) in [6.07, 6.45) is 3.70. The molecular weight excluding hydrogens is 360 g/mol. The highest BCUT2D eigenvalue weighted by Gasteiger charge is 2.28. The number of hydrogen-bond acceptors (Lipinski definition) is 5. The highest BCUT2D eigenvalue weighted by Crippen LogP contribution is 2.28. The molecule has 1 atom stereocenters. The number of sulfone groups is 1. The zero-order valence-corrected chi connectivity index (χ0v) is 15.3. The van der Waals surface area contributed by atoms with E-state index in [0.717, 1.165) is 5.56 Å². The monoisotopic (exact) mass is 378 g/mol. The van der Waals surface area contributed by atoms with Crippen molar-refractivity contribution in [2.24, 2.45) is 5.73 Å². The molecule has 0 saturated heterocycles. The normalized spacial score (nSPS) is 12.6. The lowest BCUT2D eigenvalue weighted by molar-refractivity contribution is 0.584. The first-order valence-electron chi connectivity index (χ1n) is 7.46. The van der Waals surface area contributed by atoms with Crippen LogP contribution in [0.5, 0.6) is 0 Å². The summed E-state index contributed by atoms with van der Waals surface area (Å²) < 4.78 is 26.2. The van der Waals surface area contributed by atoms with Crippen LogP contribution in [-0.4, -0.2) is 23.4 Å². The highest BCUT2D eigenvalue weighted by molar-refractivity contribution is 7.91. The molecule has 0 radical (unpaired) electrons. The number of halogens is 1. The Morgan fingerprint density at radius 3 is 2.76 bits per heavy atom. The van der Waals surface area contributed by atoms with Gasteiger partial charge in [0.1, 0.15) is 5.52 Å². The molecule has 3 N–H and O–H groups in total. The fourth-order valence-electron chi connectivity index (χ4n) is 2.49. The summed E-state index contributed by atoms with van der Waals surface area (Å²) in [5.41, 5.74) is 8.21.